The third kappa shape index (κ3) is 4.61. The summed E-state index contributed by atoms with van der Waals surface area (Å²) < 4.78 is 4.95. The lowest BCUT2D eigenvalue weighted by molar-refractivity contribution is -0.147. The third-order valence-corrected chi connectivity index (χ3v) is 2.51. The fraction of sp³-hybridized carbons (Fsp3) is 0.818. The molecule has 2 atom stereocenters. The Balaban J connectivity index is 4.41. The van der Waals surface area contributed by atoms with Crippen LogP contribution in [-0.2, 0) is 14.3 Å². The van der Waals surface area contributed by atoms with Crippen LogP contribution >= 0.6 is 0 Å². The van der Waals surface area contributed by atoms with Crippen molar-refractivity contribution in [2.45, 2.75) is 51.7 Å². The normalized spacial score (nSPS) is 16.2. The van der Waals surface area contributed by atoms with E-state index in [2.05, 4.69) is 5.32 Å². The Hall–Kier alpha value is -1.10. The van der Waals surface area contributed by atoms with Gasteiger partial charge in [-0.25, -0.2) is 4.79 Å². The SMILES string of the molecule is CCCC(C)(NC(=O)CC(C)OC)C(=O)O. The lowest BCUT2D eigenvalue weighted by Crippen LogP contribution is -2.52. The van der Waals surface area contributed by atoms with Crippen LogP contribution < -0.4 is 5.32 Å². The van der Waals surface area contributed by atoms with Gasteiger partial charge in [-0.15, -0.1) is 0 Å². The summed E-state index contributed by atoms with van der Waals surface area (Å²) in [5, 5.41) is 11.6. The summed E-state index contributed by atoms with van der Waals surface area (Å²) >= 11 is 0. The summed E-state index contributed by atoms with van der Waals surface area (Å²) in [7, 11) is 1.51. The van der Waals surface area contributed by atoms with Crippen molar-refractivity contribution in [3.63, 3.8) is 0 Å². The Bertz CT molecular complexity index is 254. The number of hydrogen-bond donors (Lipinski definition) is 2. The van der Waals surface area contributed by atoms with E-state index >= 15 is 0 Å². The van der Waals surface area contributed by atoms with Gasteiger partial charge in [0.15, 0.2) is 0 Å². The summed E-state index contributed by atoms with van der Waals surface area (Å²) in [6.07, 6.45) is 1.07. The molecule has 0 radical (unpaired) electrons. The van der Waals surface area contributed by atoms with Crippen molar-refractivity contribution in [3.05, 3.63) is 0 Å². The molecule has 0 heterocycles. The average Bonchev–Trinajstić information content (AvgIpc) is 2.17. The lowest BCUT2D eigenvalue weighted by atomic mass is 9.96. The van der Waals surface area contributed by atoms with Gasteiger partial charge in [0.2, 0.25) is 5.91 Å². The molecule has 2 unspecified atom stereocenters. The van der Waals surface area contributed by atoms with Gasteiger partial charge in [0.05, 0.1) is 12.5 Å². The molecule has 2 N–H and O–H groups in total. The van der Waals surface area contributed by atoms with Gasteiger partial charge in [-0.1, -0.05) is 13.3 Å². The number of carboxylic acid groups (broad SMARTS) is 1. The quantitative estimate of drug-likeness (QED) is 0.689. The van der Waals surface area contributed by atoms with Crippen LogP contribution in [0.15, 0.2) is 0 Å². The molecule has 0 aliphatic rings. The molecule has 94 valence electrons. The largest absolute Gasteiger partial charge is 0.480 e. The summed E-state index contributed by atoms with van der Waals surface area (Å²) in [5.74, 6) is -1.31. The highest BCUT2D eigenvalue weighted by Gasteiger charge is 2.33. The Kier molecular flexibility index (Phi) is 6.03. The van der Waals surface area contributed by atoms with Crippen molar-refractivity contribution < 1.29 is 19.4 Å². The standard InChI is InChI=1S/C11H21NO4/c1-5-6-11(3,10(14)15)12-9(13)7-8(2)16-4/h8H,5-7H2,1-4H3,(H,12,13)(H,14,15). The van der Waals surface area contributed by atoms with Crippen LogP contribution in [0.25, 0.3) is 0 Å². The molecule has 0 aliphatic carbocycles. The van der Waals surface area contributed by atoms with Gasteiger partial charge in [0, 0.05) is 7.11 Å². The first kappa shape index (κ1) is 14.9. The van der Waals surface area contributed by atoms with E-state index in [-0.39, 0.29) is 18.4 Å². The maximum Gasteiger partial charge on any atom is 0.329 e. The molecule has 0 rings (SSSR count). The molecule has 0 aromatic rings. The van der Waals surface area contributed by atoms with Crippen LogP contribution in [0.4, 0.5) is 0 Å². The molecule has 1 amide bonds. The minimum Gasteiger partial charge on any atom is -0.480 e. The maximum absolute atomic E-state index is 11.6. The van der Waals surface area contributed by atoms with Crippen molar-refractivity contribution in [1.82, 2.24) is 5.32 Å². The van der Waals surface area contributed by atoms with Crippen LogP contribution in [0.3, 0.4) is 0 Å². The zero-order valence-electron chi connectivity index (χ0n) is 10.4. The van der Waals surface area contributed by atoms with E-state index in [1.807, 2.05) is 6.92 Å². The highest BCUT2D eigenvalue weighted by Crippen LogP contribution is 2.13. The zero-order valence-corrected chi connectivity index (χ0v) is 10.4. The molecule has 0 saturated carbocycles. The Labute approximate surface area is 96.2 Å². The van der Waals surface area contributed by atoms with Gasteiger partial charge < -0.3 is 15.2 Å². The number of hydrogen-bond acceptors (Lipinski definition) is 3. The number of ether oxygens (including phenoxy) is 1. The van der Waals surface area contributed by atoms with Gasteiger partial charge >= 0.3 is 5.97 Å². The van der Waals surface area contributed by atoms with E-state index in [1.54, 1.807) is 6.92 Å². The van der Waals surface area contributed by atoms with E-state index in [4.69, 9.17) is 9.84 Å². The molecular formula is C11H21NO4. The van der Waals surface area contributed by atoms with E-state index in [0.29, 0.717) is 12.8 Å². The minimum atomic E-state index is -1.18. The lowest BCUT2D eigenvalue weighted by Gasteiger charge is -2.26. The molecule has 0 spiro atoms. The Morgan fingerprint density at radius 3 is 2.44 bits per heavy atom. The van der Waals surface area contributed by atoms with Crippen molar-refractivity contribution in [2.24, 2.45) is 0 Å². The van der Waals surface area contributed by atoms with Crippen LogP contribution in [0.2, 0.25) is 0 Å². The molecule has 0 aliphatic heterocycles. The van der Waals surface area contributed by atoms with Crippen LogP contribution in [-0.4, -0.2) is 35.7 Å². The number of nitrogens with one attached hydrogen (secondary N) is 1. The second-order valence-corrected chi connectivity index (χ2v) is 4.19. The predicted octanol–water partition coefficient (Wildman–Crippen LogP) is 1.17. The predicted molar refractivity (Wildman–Crippen MR) is 60.2 cm³/mol. The summed E-state index contributed by atoms with van der Waals surface area (Å²) in [6, 6.07) is 0. The highest BCUT2D eigenvalue weighted by atomic mass is 16.5. The monoisotopic (exact) mass is 231 g/mol. The smallest absolute Gasteiger partial charge is 0.329 e. The van der Waals surface area contributed by atoms with Gasteiger partial charge in [0.25, 0.3) is 0 Å². The molecular weight excluding hydrogens is 210 g/mol. The second-order valence-electron chi connectivity index (χ2n) is 4.19. The number of aliphatic carboxylic acids is 1. The molecule has 5 heteroatoms. The van der Waals surface area contributed by atoms with E-state index in [9.17, 15) is 9.59 Å². The number of amides is 1. The highest BCUT2D eigenvalue weighted by molar-refractivity contribution is 5.86. The van der Waals surface area contributed by atoms with Crippen molar-refractivity contribution in [1.29, 1.82) is 0 Å². The van der Waals surface area contributed by atoms with Gasteiger partial charge in [-0.2, -0.15) is 0 Å². The fourth-order valence-electron chi connectivity index (χ4n) is 1.43. The van der Waals surface area contributed by atoms with E-state index in [1.165, 1.54) is 14.0 Å². The van der Waals surface area contributed by atoms with Crippen molar-refractivity contribution in [3.8, 4) is 0 Å². The maximum atomic E-state index is 11.6. The number of carboxylic acids is 1. The molecule has 0 bridgehead atoms. The van der Waals surface area contributed by atoms with Gasteiger partial charge in [-0.05, 0) is 20.3 Å². The second kappa shape index (κ2) is 6.48. The van der Waals surface area contributed by atoms with E-state index < -0.39 is 11.5 Å². The molecule has 0 aromatic carbocycles. The van der Waals surface area contributed by atoms with Gasteiger partial charge in [0.1, 0.15) is 5.54 Å². The first-order chi connectivity index (χ1) is 7.35. The third-order valence-electron chi connectivity index (χ3n) is 2.51. The van der Waals surface area contributed by atoms with Crippen LogP contribution in [0, 0.1) is 0 Å². The molecule has 5 nitrogen and oxygen atoms in total. The first-order valence-electron chi connectivity index (χ1n) is 5.43. The summed E-state index contributed by atoms with van der Waals surface area (Å²) in [6.45, 7) is 5.16. The zero-order chi connectivity index (χ0) is 12.8. The van der Waals surface area contributed by atoms with Crippen molar-refractivity contribution >= 4 is 11.9 Å². The number of methoxy groups -OCH3 is 1. The van der Waals surface area contributed by atoms with Crippen LogP contribution in [0.5, 0.6) is 0 Å². The Morgan fingerprint density at radius 1 is 1.50 bits per heavy atom. The number of rotatable bonds is 7. The van der Waals surface area contributed by atoms with Gasteiger partial charge in [-0.3, -0.25) is 4.79 Å². The topological polar surface area (TPSA) is 75.6 Å². The average molecular weight is 231 g/mol. The first-order valence-corrected chi connectivity index (χ1v) is 5.43. The number of carbonyl (C=O) groups is 2. The van der Waals surface area contributed by atoms with E-state index in [0.717, 1.165) is 0 Å². The molecule has 0 aromatic heterocycles. The Morgan fingerprint density at radius 2 is 2.06 bits per heavy atom. The summed E-state index contributed by atoms with van der Waals surface area (Å²) in [5.41, 5.74) is -1.18. The minimum absolute atomic E-state index is 0.170. The van der Waals surface area contributed by atoms with Crippen molar-refractivity contribution in [2.75, 3.05) is 7.11 Å². The van der Waals surface area contributed by atoms with Crippen LogP contribution in [0.1, 0.15) is 40.0 Å². The summed E-state index contributed by atoms with van der Waals surface area (Å²) in [4.78, 5) is 22.6. The molecule has 16 heavy (non-hydrogen) atoms. The molecule has 0 saturated heterocycles. The molecule has 0 fully saturated rings. The fourth-order valence-corrected chi connectivity index (χ4v) is 1.43. The number of carbonyl (C=O) groups excluding carboxylic acids is 1.